The summed E-state index contributed by atoms with van der Waals surface area (Å²) >= 11 is 0. The van der Waals surface area contributed by atoms with E-state index in [-0.39, 0.29) is 24.2 Å². The van der Waals surface area contributed by atoms with Crippen molar-refractivity contribution >= 4 is 5.91 Å². The molecule has 1 aromatic carbocycles. The lowest BCUT2D eigenvalue weighted by atomic mass is 10.1. The molecular weight excluding hydrogens is 304 g/mol. The molecule has 2 N–H and O–H groups in total. The summed E-state index contributed by atoms with van der Waals surface area (Å²) in [5.41, 5.74) is 7.99. The predicted octanol–water partition coefficient (Wildman–Crippen LogP) is 2.18. The van der Waals surface area contributed by atoms with Crippen molar-refractivity contribution in [3.63, 3.8) is 0 Å². The van der Waals surface area contributed by atoms with Crippen LogP contribution in [0.1, 0.15) is 36.8 Å². The lowest BCUT2D eigenvalue weighted by molar-refractivity contribution is -0.144. The Labute approximate surface area is 144 Å². The molecule has 5 heteroatoms. The number of hydrogen-bond acceptors (Lipinski definition) is 4. The average Bonchev–Trinajstić information content (AvgIpc) is 3.07. The molecule has 0 spiro atoms. The van der Waals surface area contributed by atoms with Crippen molar-refractivity contribution in [2.45, 2.75) is 57.8 Å². The predicted molar refractivity (Wildman–Crippen MR) is 93.1 cm³/mol. The fourth-order valence-electron chi connectivity index (χ4n) is 3.47. The number of carbonyl (C=O) groups is 1. The van der Waals surface area contributed by atoms with Crippen LogP contribution >= 0.6 is 0 Å². The van der Waals surface area contributed by atoms with Crippen molar-refractivity contribution in [2.75, 3.05) is 19.6 Å². The minimum absolute atomic E-state index is 0.0455. The topological polar surface area (TPSA) is 64.8 Å². The normalized spacial score (nSPS) is 25.0. The lowest BCUT2D eigenvalue weighted by Crippen LogP contribution is -2.46. The van der Waals surface area contributed by atoms with E-state index in [2.05, 4.69) is 32.0 Å². The average molecular weight is 332 g/mol. The Morgan fingerprint density at radius 3 is 2.67 bits per heavy atom. The second-order valence-electron chi connectivity index (χ2n) is 6.97. The van der Waals surface area contributed by atoms with Gasteiger partial charge in [0.1, 0.15) is 18.0 Å². The largest absolute Gasteiger partial charge is 0.490 e. The number of aryl methyl sites for hydroxylation is 2. The Kier molecular flexibility index (Phi) is 5.41. The number of benzene rings is 1. The van der Waals surface area contributed by atoms with E-state index >= 15 is 0 Å². The third kappa shape index (κ3) is 3.90. The smallest absolute Gasteiger partial charge is 0.251 e. The third-order valence-corrected chi connectivity index (χ3v) is 5.04. The minimum Gasteiger partial charge on any atom is -0.490 e. The maximum absolute atomic E-state index is 12.5. The molecule has 3 rings (SSSR count). The fourth-order valence-corrected chi connectivity index (χ4v) is 3.47. The molecule has 0 unspecified atom stereocenters. The third-order valence-electron chi connectivity index (χ3n) is 5.04. The standard InChI is InChI=1S/C19H28N2O3/c1-13-3-4-14(2)18(11-13)23-15-7-9-21(10-8-15)19(22)17-6-5-16(12-20)24-17/h3-4,11,15-17H,5-10,12,20H2,1-2H3/t16-,17+/m1/s1. The van der Waals surface area contributed by atoms with E-state index in [4.69, 9.17) is 15.2 Å². The Bertz CT molecular complexity index is 582. The van der Waals surface area contributed by atoms with Crippen LogP contribution in [0.25, 0.3) is 0 Å². The van der Waals surface area contributed by atoms with Gasteiger partial charge in [-0.15, -0.1) is 0 Å². The summed E-state index contributed by atoms with van der Waals surface area (Å²) < 4.78 is 11.9. The number of nitrogens with zero attached hydrogens (tertiary/aromatic N) is 1. The van der Waals surface area contributed by atoms with Crippen molar-refractivity contribution < 1.29 is 14.3 Å². The lowest BCUT2D eigenvalue weighted by Gasteiger charge is -2.33. The van der Waals surface area contributed by atoms with Crippen LogP contribution < -0.4 is 10.5 Å². The van der Waals surface area contributed by atoms with E-state index in [1.165, 1.54) is 5.56 Å². The quantitative estimate of drug-likeness (QED) is 0.918. The highest BCUT2D eigenvalue weighted by Gasteiger charge is 2.34. The molecule has 0 radical (unpaired) electrons. The Hall–Kier alpha value is -1.59. The first-order valence-corrected chi connectivity index (χ1v) is 8.95. The van der Waals surface area contributed by atoms with Gasteiger partial charge < -0.3 is 20.1 Å². The Morgan fingerprint density at radius 2 is 2.00 bits per heavy atom. The fraction of sp³-hybridized carbons (Fsp3) is 0.632. The number of amides is 1. The summed E-state index contributed by atoms with van der Waals surface area (Å²) in [5, 5.41) is 0. The van der Waals surface area contributed by atoms with Gasteiger partial charge in [0.15, 0.2) is 0 Å². The van der Waals surface area contributed by atoms with E-state index in [9.17, 15) is 4.79 Å². The maximum Gasteiger partial charge on any atom is 0.251 e. The van der Waals surface area contributed by atoms with Crippen molar-refractivity contribution in [1.82, 2.24) is 4.90 Å². The van der Waals surface area contributed by atoms with E-state index in [0.717, 1.165) is 50.1 Å². The summed E-state index contributed by atoms with van der Waals surface area (Å²) in [6, 6.07) is 6.28. The second kappa shape index (κ2) is 7.53. The Morgan fingerprint density at radius 1 is 1.25 bits per heavy atom. The molecule has 0 bridgehead atoms. The van der Waals surface area contributed by atoms with Crippen LogP contribution in [0.4, 0.5) is 0 Å². The van der Waals surface area contributed by atoms with Crippen LogP contribution in [-0.2, 0) is 9.53 Å². The van der Waals surface area contributed by atoms with E-state index in [0.29, 0.717) is 6.54 Å². The van der Waals surface area contributed by atoms with Gasteiger partial charge in [0.25, 0.3) is 5.91 Å². The molecule has 1 amide bonds. The molecular formula is C19H28N2O3. The number of piperidine rings is 1. The highest BCUT2D eigenvalue weighted by Crippen LogP contribution is 2.26. The molecule has 132 valence electrons. The highest BCUT2D eigenvalue weighted by molar-refractivity contribution is 5.81. The monoisotopic (exact) mass is 332 g/mol. The van der Waals surface area contributed by atoms with Crippen molar-refractivity contribution in [3.8, 4) is 5.75 Å². The van der Waals surface area contributed by atoms with Crippen LogP contribution in [-0.4, -0.2) is 48.8 Å². The van der Waals surface area contributed by atoms with Gasteiger partial charge in [-0.25, -0.2) is 0 Å². The van der Waals surface area contributed by atoms with Crippen molar-refractivity contribution in [2.24, 2.45) is 5.73 Å². The molecule has 0 aliphatic carbocycles. The second-order valence-corrected chi connectivity index (χ2v) is 6.97. The van der Waals surface area contributed by atoms with Gasteiger partial charge in [-0.1, -0.05) is 12.1 Å². The zero-order chi connectivity index (χ0) is 17.1. The summed E-state index contributed by atoms with van der Waals surface area (Å²) in [6.45, 7) is 6.11. The molecule has 2 atom stereocenters. The van der Waals surface area contributed by atoms with Crippen LogP contribution in [0, 0.1) is 13.8 Å². The summed E-state index contributed by atoms with van der Waals surface area (Å²) in [5.74, 6) is 1.08. The van der Waals surface area contributed by atoms with Gasteiger partial charge in [-0.3, -0.25) is 4.79 Å². The molecule has 2 aliphatic heterocycles. The molecule has 2 fully saturated rings. The van der Waals surface area contributed by atoms with Crippen molar-refractivity contribution in [3.05, 3.63) is 29.3 Å². The number of nitrogens with two attached hydrogens (primary N) is 1. The maximum atomic E-state index is 12.5. The highest BCUT2D eigenvalue weighted by atomic mass is 16.5. The number of hydrogen-bond donors (Lipinski definition) is 1. The van der Waals surface area contributed by atoms with Gasteiger partial charge in [0.2, 0.25) is 0 Å². The van der Waals surface area contributed by atoms with Crippen LogP contribution in [0.2, 0.25) is 0 Å². The van der Waals surface area contributed by atoms with E-state index in [1.54, 1.807) is 0 Å². The van der Waals surface area contributed by atoms with Gasteiger partial charge in [0, 0.05) is 32.5 Å². The van der Waals surface area contributed by atoms with E-state index < -0.39 is 0 Å². The molecule has 24 heavy (non-hydrogen) atoms. The molecule has 5 nitrogen and oxygen atoms in total. The number of likely N-dealkylation sites (tertiary alicyclic amines) is 1. The molecule has 2 aliphatic rings. The molecule has 0 saturated carbocycles. The summed E-state index contributed by atoms with van der Waals surface area (Å²) in [6.07, 6.45) is 3.34. The SMILES string of the molecule is Cc1ccc(C)c(OC2CCN(C(=O)[C@@H]3CC[C@H](CN)O3)CC2)c1. The van der Waals surface area contributed by atoms with E-state index in [1.807, 2.05) is 4.90 Å². The van der Waals surface area contributed by atoms with Gasteiger partial charge >= 0.3 is 0 Å². The Balaban J connectivity index is 1.50. The number of ether oxygens (including phenoxy) is 2. The zero-order valence-corrected chi connectivity index (χ0v) is 14.7. The van der Waals surface area contributed by atoms with Crippen molar-refractivity contribution in [1.29, 1.82) is 0 Å². The van der Waals surface area contributed by atoms with Crippen LogP contribution in [0.15, 0.2) is 18.2 Å². The van der Waals surface area contributed by atoms with Gasteiger partial charge in [-0.2, -0.15) is 0 Å². The molecule has 2 heterocycles. The first-order chi connectivity index (χ1) is 11.6. The van der Waals surface area contributed by atoms with Crippen LogP contribution in [0.3, 0.4) is 0 Å². The minimum atomic E-state index is -0.296. The van der Waals surface area contributed by atoms with Crippen LogP contribution in [0.5, 0.6) is 5.75 Å². The first-order valence-electron chi connectivity index (χ1n) is 8.95. The molecule has 1 aromatic rings. The summed E-state index contributed by atoms with van der Waals surface area (Å²) in [4.78, 5) is 14.5. The first kappa shape index (κ1) is 17.2. The number of rotatable bonds is 4. The number of carbonyl (C=O) groups excluding carboxylic acids is 1. The van der Waals surface area contributed by atoms with Gasteiger partial charge in [0.05, 0.1) is 6.10 Å². The molecule has 0 aromatic heterocycles. The molecule has 2 saturated heterocycles. The summed E-state index contributed by atoms with van der Waals surface area (Å²) in [7, 11) is 0. The van der Waals surface area contributed by atoms with Gasteiger partial charge in [-0.05, 0) is 43.9 Å². The zero-order valence-electron chi connectivity index (χ0n) is 14.7.